The van der Waals surface area contributed by atoms with Crippen LogP contribution in [0.1, 0.15) is 10.4 Å². The van der Waals surface area contributed by atoms with E-state index in [9.17, 15) is 4.79 Å². The van der Waals surface area contributed by atoms with Gasteiger partial charge in [0.1, 0.15) is 17.0 Å². The molecule has 0 fully saturated rings. The van der Waals surface area contributed by atoms with E-state index in [4.69, 9.17) is 23.2 Å². The van der Waals surface area contributed by atoms with E-state index >= 15 is 0 Å². The maximum Gasteiger partial charge on any atom is 0.246 e. The summed E-state index contributed by atoms with van der Waals surface area (Å²) in [4.78, 5) is 25.1. The van der Waals surface area contributed by atoms with Crippen LogP contribution in [-0.2, 0) is 17.8 Å². The van der Waals surface area contributed by atoms with Gasteiger partial charge < -0.3 is 10.2 Å². The van der Waals surface area contributed by atoms with Crippen LogP contribution in [0.3, 0.4) is 0 Å². The van der Waals surface area contributed by atoms with Crippen molar-refractivity contribution in [2.75, 3.05) is 17.2 Å². The molecule has 5 nitrogen and oxygen atoms in total. The van der Waals surface area contributed by atoms with Gasteiger partial charge in [-0.3, -0.25) is 4.79 Å². The van der Waals surface area contributed by atoms with Gasteiger partial charge in [0, 0.05) is 22.4 Å². The van der Waals surface area contributed by atoms with Crippen LogP contribution in [0.25, 0.3) is 10.2 Å². The maximum atomic E-state index is 12.3. The fourth-order valence-corrected chi connectivity index (χ4v) is 4.86. The Morgan fingerprint density at radius 1 is 1.32 bits per heavy atom. The van der Waals surface area contributed by atoms with Crippen molar-refractivity contribution in [3.63, 3.8) is 0 Å². The molecule has 0 spiro atoms. The van der Waals surface area contributed by atoms with Crippen LogP contribution < -0.4 is 5.32 Å². The van der Waals surface area contributed by atoms with E-state index in [0.717, 1.165) is 33.0 Å². The number of thiophene rings is 1. The second-order valence-electron chi connectivity index (χ2n) is 6.23. The number of halogens is 3. The standard InChI is InChI=1S/C19H15BrCl2N4OS/c20-6-1-2-16(27)26-7-5-12-15(9-26)28-19-17(12)18(23-10-24-19)25-11-3-4-13(21)14(22)8-11/h1-4,8,10H,5-7,9H2,(H,23,24,25)/b2-1+. The van der Waals surface area contributed by atoms with Gasteiger partial charge >= 0.3 is 0 Å². The molecule has 0 aliphatic carbocycles. The number of carbonyl (C=O) groups excluding carboxylic acids is 1. The van der Waals surface area contributed by atoms with Crippen LogP contribution in [0, 0.1) is 0 Å². The van der Waals surface area contributed by atoms with Crippen molar-refractivity contribution in [3.05, 3.63) is 57.2 Å². The number of fused-ring (bicyclic) bond motifs is 3. The summed E-state index contributed by atoms with van der Waals surface area (Å²) >= 11 is 17.0. The molecular formula is C19H15BrCl2N4OS. The molecule has 2 aromatic heterocycles. The number of anilines is 2. The molecule has 28 heavy (non-hydrogen) atoms. The van der Waals surface area contributed by atoms with Crippen LogP contribution in [0.2, 0.25) is 10.0 Å². The lowest BCUT2D eigenvalue weighted by Crippen LogP contribution is -2.34. The molecule has 9 heteroatoms. The number of nitrogens with one attached hydrogen (secondary N) is 1. The summed E-state index contributed by atoms with van der Waals surface area (Å²) in [6.07, 6.45) is 5.75. The zero-order valence-corrected chi connectivity index (χ0v) is 18.5. The molecule has 0 atom stereocenters. The third kappa shape index (κ3) is 3.89. The van der Waals surface area contributed by atoms with Gasteiger partial charge in [-0.25, -0.2) is 9.97 Å². The Morgan fingerprint density at radius 2 is 2.18 bits per heavy atom. The highest BCUT2D eigenvalue weighted by Crippen LogP contribution is 2.38. The number of alkyl halides is 1. The third-order valence-electron chi connectivity index (χ3n) is 4.48. The lowest BCUT2D eigenvalue weighted by Gasteiger charge is -2.26. The molecule has 0 radical (unpaired) electrons. The quantitative estimate of drug-likeness (QED) is 0.377. The summed E-state index contributed by atoms with van der Waals surface area (Å²) in [5.41, 5.74) is 2.01. The minimum absolute atomic E-state index is 0.0304. The van der Waals surface area contributed by atoms with Gasteiger partial charge in [-0.1, -0.05) is 45.2 Å². The molecule has 144 valence electrons. The first-order valence-electron chi connectivity index (χ1n) is 8.55. The molecule has 0 bridgehead atoms. The fourth-order valence-electron chi connectivity index (χ4n) is 3.17. The Labute approximate surface area is 184 Å². The number of aromatic nitrogens is 2. The van der Waals surface area contributed by atoms with E-state index in [1.165, 1.54) is 5.56 Å². The van der Waals surface area contributed by atoms with Crippen LogP contribution in [0.15, 0.2) is 36.7 Å². The van der Waals surface area contributed by atoms with E-state index < -0.39 is 0 Å². The molecule has 0 unspecified atom stereocenters. The lowest BCUT2D eigenvalue weighted by molar-refractivity contribution is -0.126. The van der Waals surface area contributed by atoms with E-state index in [1.807, 2.05) is 17.0 Å². The van der Waals surface area contributed by atoms with Gasteiger partial charge in [-0.15, -0.1) is 11.3 Å². The minimum Gasteiger partial charge on any atom is -0.340 e. The number of allylic oxidation sites excluding steroid dienone is 1. The van der Waals surface area contributed by atoms with Crippen molar-refractivity contribution in [1.29, 1.82) is 0 Å². The van der Waals surface area contributed by atoms with E-state index in [1.54, 1.807) is 35.9 Å². The molecule has 0 saturated heterocycles. The minimum atomic E-state index is 0.0304. The fraction of sp³-hybridized carbons (Fsp3) is 0.211. The topological polar surface area (TPSA) is 58.1 Å². The number of amides is 1. The number of benzene rings is 1. The highest BCUT2D eigenvalue weighted by molar-refractivity contribution is 9.09. The molecule has 1 aliphatic rings. The van der Waals surface area contributed by atoms with Gasteiger partial charge in [0.2, 0.25) is 5.91 Å². The summed E-state index contributed by atoms with van der Waals surface area (Å²) in [5, 5.41) is 5.99. The molecule has 1 N–H and O–H groups in total. The zero-order chi connectivity index (χ0) is 19.7. The molecule has 4 rings (SSSR count). The lowest BCUT2D eigenvalue weighted by atomic mass is 10.0. The first-order valence-corrected chi connectivity index (χ1v) is 11.2. The Bertz CT molecular complexity index is 1090. The molecule has 3 aromatic rings. The van der Waals surface area contributed by atoms with Gasteiger partial charge in [0.15, 0.2) is 0 Å². The van der Waals surface area contributed by atoms with Gasteiger partial charge in [0.05, 0.1) is 22.0 Å². The molecular weight excluding hydrogens is 483 g/mol. The van der Waals surface area contributed by atoms with Crippen molar-refractivity contribution in [1.82, 2.24) is 14.9 Å². The zero-order valence-electron chi connectivity index (χ0n) is 14.6. The highest BCUT2D eigenvalue weighted by atomic mass is 79.9. The number of carbonyl (C=O) groups is 1. The van der Waals surface area contributed by atoms with Crippen molar-refractivity contribution >= 4 is 78.1 Å². The van der Waals surface area contributed by atoms with E-state index in [-0.39, 0.29) is 5.91 Å². The molecule has 3 heterocycles. The Kier molecular flexibility index (Phi) is 5.87. The first kappa shape index (κ1) is 19.6. The van der Waals surface area contributed by atoms with E-state index in [0.29, 0.717) is 28.5 Å². The predicted octanol–water partition coefficient (Wildman–Crippen LogP) is 5.58. The largest absolute Gasteiger partial charge is 0.340 e. The Balaban J connectivity index is 1.66. The van der Waals surface area contributed by atoms with Crippen LogP contribution in [0.5, 0.6) is 0 Å². The average molecular weight is 498 g/mol. The highest BCUT2D eigenvalue weighted by Gasteiger charge is 2.25. The second kappa shape index (κ2) is 8.37. The average Bonchev–Trinajstić information content (AvgIpc) is 3.07. The van der Waals surface area contributed by atoms with E-state index in [2.05, 4.69) is 31.2 Å². The Hall–Kier alpha value is -1.67. The summed E-state index contributed by atoms with van der Waals surface area (Å²) in [5.74, 6) is 0.766. The summed E-state index contributed by atoms with van der Waals surface area (Å²) in [6, 6.07) is 5.38. The normalized spacial score (nSPS) is 13.9. The number of nitrogens with zero attached hydrogens (tertiary/aromatic N) is 3. The van der Waals surface area contributed by atoms with Crippen LogP contribution in [0.4, 0.5) is 11.5 Å². The summed E-state index contributed by atoms with van der Waals surface area (Å²) < 4.78 is 0. The van der Waals surface area contributed by atoms with Crippen molar-refractivity contribution in [2.24, 2.45) is 0 Å². The van der Waals surface area contributed by atoms with Gasteiger partial charge in [-0.05, 0) is 36.3 Å². The molecule has 1 aliphatic heterocycles. The number of rotatable bonds is 4. The van der Waals surface area contributed by atoms with Crippen molar-refractivity contribution in [2.45, 2.75) is 13.0 Å². The summed E-state index contributed by atoms with van der Waals surface area (Å²) in [7, 11) is 0. The van der Waals surface area contributed by atoms with Gasteiger partial charge in [0.25, 0.3) is 0 Å². The monoisotopic (exact) mass is 496 g/mol. The molecule has 0 saturated carbocycles. The predicted molar refractivity (Wildman–Crippen MR) is 119 cm³/mol. The maximum absolute atomic E-state index is 12.3. The summed E-state index contributed by atoms with van der Waals surface area (Å²) in [6.45, 7) is 1.26. The van der Waals surface area contributed by atoms with Crippen LogP contribution in [-0.4, -0.2) is 32.6 Å². The Morgan fingerprint density at radius 3 is 2.96 bits per heavy atom. The second-order valence-corrected chi connectivity index (χ2v) is 8.77. The SMILES string of the molecule is O=C(/C=C/CBr)N1CCc2c(sc3ncnc(Nc4ccc(Cl)c(Cl)c4)c23)C1. The number of hydrogen-bond acceptors (Lipinski definition) is 5. The molecule has 1 aromatic carbocycles. The molecule has 1 amide bonds. The third-order valence-corrected chi connectivity index (χ3v) is 6.72. The van der Waals surface area contributed by atoms with Crippen molar-refractivity contribution < 1.29 is 4.79 Å². The first-order chi connectivity index (χ1) is 13.6. The van der Waals surface area contributed by atoms with Gasteiger partial charge in [-0.2, -0.15) is 0 Å². The smallest absolute Gasteiger partial charge is 0.246 e. The van der Waals surface area contributed by atoms with Crippen LogP contribution >= 0.6 is 50.5 Å². The van der Waals surface area contributed by atoms with Crippen molar-refractivity contribution in [3.8, 4) is 0 Å². The number of hydrogen-bond donors (Lipinski definition) is 1.